The van der Waals surface area contributed by atoms with Crippen molar-refractivity contribution < 1.29 is 13.2 Å². The first-order chi connectivity index (χ1) is 12.2. The number of nitrogens with one attached hydrogen (secondary N) is 1. The van der Waals surface area contributed by atoms with Gasteiger partial charge < -0.3 is 9.65 Å². The summed E-state index contributed by atoms with van der Waals surface area (Å²) in [7, 11) is 2.20. The standard InChI is InChI=1S/C17H20F3N4OP/c1-9-6-11-13(21-8-22-16(11)25)7-10(9)15-12(17(18,19)20)4-5-14(23-15)24(2)26-3/h4-5,8-10,26H,6-7H2,1-3H3,(H,21,22,25). The van der Waals surface area contributed by atoms with Crippen LogP contribution in [0.15, 0.2) is 23.3 Å². The first kappa shape index (κ1) is 18.8. The molecule has 140 valence electrons. The van der Waals surface area contributed by atoms with Crippen molar-refractivity contribution in [2.45, 2.75) is 31.9 Å². The quantitative estimate of drug-likeness (QED) is 0.825. The monoisotopic (exact) mass is 384 g/mol. The highest BCUT2D eigenvalue weighted by atomic mass is 31.1. The van der Waals surface area contributed by atoms with Crippen LogP contribution >= 0.6 is 8.73 Å². The molecule has 0 amide bonds. The van der Waals surface area contributed by atoms with Gasteiger partial charge in [-0.05, 0) is 46.3 Å². The number of aromatic amines is 1. The van der Waals surface area contributed by atoms with Crippen molar-refractivity contribution in [3.63, 3.8) is 0 Å². The van der Waals surface area contributed by atoms with E-state index in [1.165, 1.54) is 12.4 Å². The number of hydrogen-bond donors (Lipinski definition) is 1. The molecule has 0 saturated heterocycles. The molecule has 0 saturated carbocycles. The van der Waals surface area contributed by atoms with Crippen molar-refractivity contribution in [1.82, 2.24) is 15.0 Å². The average molecular weight is 384 g/mol. The van der Waals surface area contributed by atoms with E-state index < -0.39 is 17.7 Å². The highest BCUT2D eigenvalue weighted by Gasteiger charge is 2.40. The molecule has 0 bridgehead atoms. The van der Waals surface area contributed by atoms with Crippen LogP contribution in [0.25, 0.3) is 0 Å². The fraction of sp³-hybridized carbons (Fsp3) is 0.471. The number of anilines is 1. The Balaban J connectivity index is 2.11. The van der Waals surface area contributed by atoms with E-state index >= 15 is 0 Å². The van der Waals surface area contributed by atoms with Gasteiger partial charge in [0.1, 0.15) is 5.82 Å². The molecular formula is C17H20F3N4OP. The Kier molecular flexibility index (Phi) is 5.06. The van der Waals surface area contributed by atoms with E-state index in [2.05, 4.69) is 15.0 Å². The zero-order valence-corrected chi connectivity index (χ0v) is 15.7. The van der Waals surface area contributed by atoms with E-state index in [0.717, 1.165) is 6.07 Å². The highest BCUT2D eigenvalue weighted by molar-refractivity contribution is 7.39. The Bertz CT molecular complexity index is 868. The molecule has 2 aromatic heterocycles. The first-order valence-corrected chi connectivity index (χ1v) is 9.71. The summed E-state index contributed by atoms with van der Waals surface area (Å²) in [5.74, 6) is -0.0707. The molecule has 0 aromatic carbocycles. The number of H-pyrrole nitrogens is 1. The molecular weight excluding hydrogens is 364 g/mol. The van der Waals surface area contributed by atoms with Crippen molar-refractivity contribution in [1.29, 1.82) is 0 Å². The lowest BCUT2D eigenvalue weighted by atomic mass is 9.76. The van der Waals surface area contributed by atoms with Gasteiger partial charge in [0.05, 0.1) is 23.3 Å². The summed E-state index contributed by atoms with van der Waals surface area (Å²) in [5.41, 5.74) is 0.237. The smallest absolute Gasteiger partial charge is 0.342 e. The van der Waals surface area contributed by atoms with Crippen molar-refractivity contribution in [2.75, 3.05) is 18.4 Å². The van der Waals surface area contributed by atoms with E-state index in [1.807, 2.05) is 18.3 Å². The summed E-state index contributed by atoms with van der Waals surface area (Å²) in [6, 6.07) is 2.52. The first-order valence-electron chi connectivity index (χ1n) is 8.27. The number of halogens is 3. The van der Waals surface area contributed by atoms with Crippen molar-refractivity contribution in [3.8, 4) is 0 Å². The maximum Gasteiger partial charge on any atom is 0.418 e. The Morgan fingerprint density at radius 2 is 2.04 bits per heavy atom. The molecule has 1 aliphatic rings. The highest BCUT2D eigenvalue weighted by Crippen LogP contribution is 2.42. The van der Waals surface area contributed by atoms with Crippen LogP contribution in [0.2, 0.25) is 0 Å². The third-order valence-corrected chi connectivity index (χ3v) is 5.81. The topological polar surface area (TPSA) is 61.9 Å². The van der Waals surface area contributed by atoms with Gasteiger partial charge in [0, 0.05) is 18.5 Å². The molecule has 3 unspecified atom stereocenters. The number of rotatable bonds is 3. The fourth-order valence-electron chi connectivity index (χ4n) is 3.38. The van der Waals surface area contributed by atoms with Crippen LogP contribution in [-0.4, -0.2) is 28.7 Å². The van der Waals surface area contributed by atoms with Gasteiger partial charge in [0.2, 0.25) is 0 Å². The summed E-state index contributed by atoms with van der Waals surface area (Å²) in [5, 5.41) is 0. The predicted octanol–water partition coefficient (Wildman–Crippen LogP) is 3.36. The molecule has 5 nitrogen and oxygen atoms in total. The van der Waals surface area contributed by atoms with Crippen molar-refractivity contribution in [2.24, 2.45) is 5.92 Å². The summed E-state index contributed by atoms with van der Waals surface area (Å²) >= 11 is 0. The number of fused-ring (bicyclic) bond motifs is 1. The lowest BCUT2D eigenvalue weighted by Gasteiger charge is -2.31. The molecule has 9 heteroatoms. The van der Waals surface area contributed by atoms with Crippen LogP contribution < -0.4 is 10.2 Å². The number of aromatic nitrogens is 3. The largest absolute Gasteiger partial charge is 0.418 e. The van der Waals surface area contributed by atoms with Gasteiger partial charge in [-0.3, -0.25) is 4.79 Å². The zero-order valence-electron chi connectivity index (χ0n) is 14.7. The van der Waals surface area contributed by atoms with Crippen LogP contribution in [-0.2, 0) is 19.0 Å². The van der Waals surface area contributed by atoms with E-state index in [-0.39, 0.29) is 23.6 Å². The second-order valence-corrected chi connectivity index (χ2v) is 7.65. The van der Waals surface area contributed by atoms with E-state index in [0.29, 0.717) is 32.2 Å². The average Bonchev–Trinajstić information content (AvgIpc) is 2.60. The van der Waals surface area contributed by atoms with E-state index in [4.69, 9.17) is 0 Å². The minimum atomic E-state index is -4.48. The molecule has 1 N–H and O–H groups in total. The normalized spacial score (nSPS) is 20.4. The zero-order chi connectivity index (χ0) is 19.1. The van der Waals surface area contributed by atoms with E-state index in [9.17, 15) is 18.0 Å². The third-order valence-electron chi connectivity index (χ3n) is 4.91. The molecule has 1 aliphatic carbocycles. The molecule has 0 radical (unpaired) electrons. The maximum atomic E-state index is 13.6. The molecule has 2 heterocycles. The van der Waals surface area contributed by atoms with Gasteiger partial charge >= 0.3 is 6.18 Å². The molecule has 26 heavy (non-hydrogen) atoms. The van der Waals surface area contributed by atoms with Crippen molar-refractivity contribution >= 4 is 14.5 Å². The Labute approximate surface area is 150 Å². The fourth-order valence-corrected chi connectivity index (χ4v) is 3.73. The van der Waals surface area contributed by atoms with Gasteiger partial charge in [0.25, 0.3) is 5.56 Å². The minimum absolute atomic E-state index is 0.0420. The molecule has 3 atom stereocenters. The van der Waals surface area contributed by atoms with Crippen LogP contribution in [0.3, 0.4) is 0 Å². The van der Waals surface area contributed by atoms with E-state index in [1.54, 1.807) is 7.05 Å². The summed E-state index contributed by atoms with van der Waals surface area (Å²) in [6.07, 6.45) is -2.51. The second-order valence-electron chi connectivity index (χ2n) is 6.53. The predicted molar refractivity (Wildman–Crippen MR) is 96.1 cm³/mol. The second kappa shape index (κ2) is 6.99. The number of nitrogens with zero attached hydrogens (tertiary/aromatic N) is 3. The summed E-state index contributed by atoms with van der Waals surface area (Å²) in [4.78, 5) is 23.1. The summed E-state index contributed by atoms with van der Waals surface area (Å²) in [6.45, 7) is 3.80. The number of hydrogen-bond acceptors (Lipinski definition) is 4. The number of pyridine rings is 1. The molecule has 3 rings (SSSR count). The SMILES string of the molecule is CPN(C)c1ccc(C(F)(F)F)c(C2Cc3nc[nH]c(=O)c3CC2C)n1. The number of alkyl halides is 3. The third kappa shape index (κ3) is 3.47. The molecule has 0 aliphatic heterocycles. The lowest BCUT2D eigenvalue weighted by molar-refractivity contribution is -0.138. The Hall–Kier alpha value is -1.95. The van der Waals surface area contributed by atoms with Gasteiger partial charge in [-0.15, -0.1) is 0 Å². The van der Waals surface area contributed by atoms with Crippen LogP contribution in [0.5, 0.6) is 0 Å². The lowest BCUT2D eigenvalue weighted by Crippen LogP contribution is -2.31. The van der Waals surface area contributed by atoms with Gasteiger partial charge in [-0.25, -0.2) is 9.97 Å². The van der Waals surface area contributed by atoms with Gasteiger partial charge in [0.15, 0.2) is 0 Å². The molecule has 2 aromatic rings. The van der Waals surface area contributed by atoms with Crippen LogP contribution in [0.1, 0.15) is 35.4 Å². The Morgan fingerprint density at radius 1 is 1.31 bits per heavy atom. The summed E-state index contributed by atoms with van der Waals surface area (Å²) < 4.78 is 42.6. The molecule has 0 fully saturated rings. The Morgan fingerprint density at radius 3 is 2.69 bits per heavy atom. The van der Waals surface area contributed by atoms with Gasteiger partial charge in [-0.1, -0.05) is 6.92 Å². The van der Waals surface area contributed by atoms with Crippen molar-refractivity contribution in [3.05, 3.63) is 51.3 Å². The van der Waals surface area contributed by atoms with Gasteiger partial charge in [-0.2, -0.15) is 13.2 Å². The maximum absolute atomic E-state index is 13.6. The molecule has 0 spiro atoms. The minimum Gasteiger partial charge on any atom is -0.342 e. The van der Waals surface area contributed by atoms with Crippen LogP contribution in [0.4, 0.5) is 19.0 Å². The van der Waals surface area contributed by atoms with Crippen LogP contribution in [0, 0.1) is 5.92 Å².